The molecule has 21 heavy (non-hydrogen) atoms. The quantitative estimate of drug-likeness (QED) is 0.779. The van der Waals surface area contributed by atoms with Crippen molar-refractivity contribution in [2.24, 2.45) is 0 Å². The summed E-state index contributed by atoms with van der Waals surface area (Å²) in [5, 5.41) is 3.24. The zero-order valence-corrected chi connectivity index (χ0v) is 13.7. The van der Waals surface area contributed by atoms with Crippen molar-refractivity contribution in [2.75, 3.05) is 39.1 Å². The fraction of sp³-hybridized carbons (Fsp3) is 0.615. The normalized spacial score (nSPS) is 20.0. The van der Waals surface area contributed by atoms with E-state index in [9.17, 15) is 8.42 Å². The first-order chi connectivity index (χ1) is 9.65. The Balaban J connectivity index is 0.00000220. The van der Waals surface area contributed by atoms with Crippen molar-refractivity contribution in [2.45, 2.75) is 12.5 Å². The fourth-order valence-corrected chi connectivity index (χ4v) is 4.05. The third-order valence-electron chi connectivity index (χ3n) is 3.37. The first kappa shape index (κ1) is 18.3. The Bertz CT molecular complexity index is 513. The van der Waals surface area contributed by atoms with Crippen LogP contribution in [0.15, 0.2) is 24.5 Å². The molecular weight excluding hydrogens is 314 g/mol. The highest BCUT2D eigenvalue weighted by molar-refractivity contribution is 7.89. The van der Waals surface area contributed by atoms with Crippen LogP contribution in [0.4, 0.5) is 0 Å². The average molecular weight is 336 g/mol. The van der Waals surface area contributed by atoms with E-state index in [1.54, 1.807) is 23.8 Å². The maximum absolute atomic E-state index is 12.5. The van der Waals surface area contributed by atoms with Gasteiger partial charge in [-0.25, -0.2) is 8.42 Å². The minimum atomic E-state index is -3.27. The Morgan fingerprint density at radius 3 is 3.00 bits per heavy atom. The Kier molecular flexibility index (Phi) is 7.55. The maximum Gasteiger partial charge on any atom is 0.214 e. The number of hydrogen-bond donors (Lipinski definition) is 1. The molecule has 2 rings (SSSR count). The van der Waals surface area contributed by atoms with Gasteiger partial charge in [0.25, 0.3) is 0 Å². The van der Waals surface area contributed by atoms with Gasteiger partial charge in [0.15, 0.2) is 0 Å². The number of nitrogens with zero attached hydrogens (tertiary/aromatic N) is 2. The summed E-state index contributed by atoms with van der Waals surface area (Å²) in [7, 11) is -1.69. The summed E-state index contributed by atoms with van der Waals surface area (Å²) in [6.07, 6.45) is 3.94. The standard InChI is InChI=1S/C13H21N3O3S.ClH/c1-19-8-3-9-20(17,18)16-7-6-15-11-13(16)12-4-2-5-14-10-12;/h2,4-5,10,13,15H,3,6-9,11H2,1H3;1H. The number of methoxy groups -OCH3 is 1. The lowest BCUT2D eigenvalue weighted by atomic mass is 10.1. The van der Waals surface area contributed by atoms with Gasteiger partial charge in [0, 0.05) is 45.7 Å². The first-order valence-electron chi connectivity index (χ1n) is 6.74. The Labute approximate surface area is 132 Å². The highest BCUT2D eigenvalue weighted by atomic mass is 35.5. The fourth-order valence-electron chi connectivity index (χ4n) is 2.38. The Morgan fingerprint density at radius 2 is 2.33 bits per heavy atom. The van der Waals surface area contributed by atoms with Crippen LogP contribution in [0.2, 0.25) is 0 Å². The number of piperazine rings is 1. The molecule has 1 saturated heterocycles. The molecule has 1 aliphatic heterocycles. The van der Waals surface area contributed by atoms with Crippen molar-refractivity contribution in [1.29, 1.82) is 0 Å². The van der Waals surface area contributed by atoms with Crippen molar-refractivity contribution in [3.8, 4) is 0 Å². The molecule has 120 valence electrons. The van der Waals surface area contributed by atoms with E-state index in [0.29, 0.717) is 32.7 Å². The van der Waals surface area contributed by atoms with Crippen LogP contribution in [0.3, 0.4) is 0 Å². The SMILES string of the molecule is COCCCS(=O)(=O)N1CCNCC1c1cccnc1.Cl. The Hall–Kier alpha value is -0.730. The zero-order chi connectivity index (χ0) is 14.4. The molecule has 1 atom stereocenters. The molecule has 1 aromatic rings. The summed E-state index contributed by atoms with van der Waals surface area (Å²) >= 11 is 0. The van der Waals surface area contributed by atoms with Gasteiger partial charge < -0.3 is 10.1 Å². The van der Waals surface area contributed by atoms with Crippen molar-refractivity contribution in [3.05, 3.63) is 30.1 Å². The Morgan fingerprint density at radius 1 is 1.52 bits per heavy atom. The molecular formula is C13H22ClN3O3S. The van der Waals surface area contributed by atoms with Crippen molar-refractivity contribution in [1.82, 2.24) is 14.6 Å². The third-order valence-corrected chi connectivity index (χ3v) is 5.33. The lowest BCUT2D eigenvalue weighted by Crippen LogP contribution is -2.49. The molecule has 2 heterocycles. The predicted octanol–water partition coefficient (Wildman–Crippen LogP) is 0.816. The molecule has 0 bridgehead atoms. The van der Waals surface area contributed by atoms with Gasteiger partial charge >= 0.3 is 0 Å². The van der Waals surface area contributed by atoms with E-state index < -0.39 is 10.0 Å². The topological polar surface area (TPSA) is 71.5 Å². The molecule has 0 spiro atoms. The van der Waals surface area contributed by atoms with Crippen LogP contribution in [-0.4, -0.2) is 56.8 Å². The second kappa shape index (κ2) is 8.65. The summed E-state index contributed by atoms with van der Waals surface area (Å²) in [4.78, 5) is 4.08. The molecule has 0 aromatic carbocycles. The molecule has 1 N–H and O–H groups in total. The molecule has 0 amide bonds. The van der Waals surface area contributed by atoms with Gasteiger partial charge in [-0.1, -0.05) is 6.07 Å². The van der Waals surface area contributed by atoms with Gasteiger partial charge in [0.1, 0.15) is 0 Å². The minimum absolute atomic E-state index is 0. The number of aromatic nitrogens is 1. The van der Waals surface area contributed by atoms with Crippen LogP contribution in [0.5, 0.6) is 0 Å². The molecule has 1 fully saturated rings. The summed E-state index contributed by atoms with van der Waals surface area (Å²) in [6, 6.07) is 3.58. The van der Waals surface area contributed by atoms with Crippen LogP contribution < -0.4 is 5.32 Å². The second-order valence-corrected chi connectivity index (χ2v) is 6.82. The van der Waals surface area contributed by atoms with E-state index in [1.807, 2.05) is 12.1 Å². The molecule has 0 aliphatic carbocycles. The van der Waals surface area contributed by atoms with Crippen LogP contribution in [0.1, 0.15) is 18.0 Å². The molecule has 0 radical (unpaired) electrons. The summed E-state index contributed by atoms with van der Waals surface area (Å²) < 4.78 is 31.5. The van der Waals surface area contributed by atoms with Gasteiger partial charge in [0.2, 0.25) is 10.0 Å². The number of ether oxygens (including phenoxy) is 1. The maximum atomic E-state index is 12.5. The number of nitrogens with one attached hydrogen (secondary N) is 1. The first-order valence-corrected chi connectivity index (χ1v) is 8.35. The molecule has 6 nitrogen and oxygen atoms in total. The van der Waals surface area contributed by atoms with E-state index in [4.69, 9.17) is 4.74 Å². The van der Waals surface area contributed by atoms with Crippen LogP contribution in [0.25, 0.3) is 0 Å². The molecule has 1 aliphatic rings. The van der Waals surface area contributed by atoms with E-state index in [-0.39, 0.29) is 24.2 Å². The smallest absolute Gasteiger partial charge is 0.214 e. The van der Waals surface area contributed by atoms with E-state index in [2.05, 4.69) is 10.3 Å². The number of halogens is 1. The molecule has 8 heteroatoms. The van der Waals surface area contributed by atoms with Crippen LogP contribution in [0, 0.1) is 0 Å². The number of hydrogen-bond acceptors (Lipinski definition) is 5. The lowest BCUT2D eigenvalue weighted by molar-refractivity contribution is 0.198. The van der Waals surface area contributed by atoms with Crippen molar-refractivity contribution >= 4 is 22.4 Å². The largest absolute Gasteiger partial charge is 0.385 e. The van der Waals surface area contributed by atoms with Gasteiger partial charge in [0.05, 0.1) is 11.8 Å². The van der Waals surface area contributed by atoms with Crippen LogP contribution >= 0.6 is 12.4 Å². The summed E-state index contributed by atoms with van der Waals surface area (Å²) in [6.45, 7) is 2.26. The molecule has 0 saturated carbocycles. The van der Waals surface area contributed by atoms with Gasteiger partial charge in [-0.3, -0.25) is 4.98 Å². The van der Waals surface area contributed by atoms with Crippen molar-refractivity contribution in [3.63, 3.8) is 0 Å². The number of sulfonamides is 1. The zero-order valence-electron chi connectivity index (χ0n) is 12.1. The summed E-state index contributed by atoms with van der Waals surface area (Å²) in [5.41, 5.74) is 0.926. The highest BCUT2D eigenvalue weighted by Crippen LogP contribution is 2.24. The second-order valence-electron chi connectivity index (χ2n) is 4.78. The van der Waals surface area contributed by atoms with E-state index >= 15 is 0 Å². The predicted molar refractivity (Wildman–Crippen MR) is 84.1 cm³/mol. The van der Waals surface area contributed by atoms with Gasteiger partial charge in [-0.15, -0.1) is 12.4 Å². The van der Waals surface area contributed by atoms with Gasteiger partial charge in [-0.05, 0) is 18.1 Å². The molecule has 1 aromatic heterocycles. The number of pyridine rings is 1. The average Bonchev–Trinajstić information content (AvgIpc) is 2.48. The monoisotopic (exact) mass is 335 g/mol. The van der Waals surface area contributed by atoms with E-state index in [1.165, 1.54) is 0 Å². The van der Waals surface area contributed by atoms with Crippen molar-refractivity contribution < 1.29 is 13.2 Å². The lowest BCUT2D eigenvalue weighted by Gasteiger charge is -2.35. The third kappa shape index (κ3) is 4.89. The molecule has 1 unspecified atom stereocenters. The van der Waals surface area contributed by atoms with Gasteiger partial charge in [-0.2, -0.15) is 4.31 Å². The van der Waals surface area contributed by atoms with E-state index in [0.717, 1.165) is 5.56 Å². The number of rotatable bonds is 6. The highest BCUT2D eigenvalue weighted by Gasteiger charge is 2.32. The minimum Gasteiger partial charge on any atom is -0.385 e. The summed E-state index contributed by atoms with van der Waals surface area (Å²) in [5.74, 6) is 0.123. The van der Waals surface area contributed by atoms with Crippen LogP contribution in [-0.2, 0) is 14.8 Å².